The molecule has 0 saturated carbocycles. The molecule has 0 aliphatic heterocycles. The molecule has 2 aromatic carbocycles. The number of carbonyl (C=O) groups excluding carboxylic acids is 1. The van der Waals surface area contributed by atoms with Crippen molar-refractivity contribution >= 4 is 5.91 Å². The maximum atomic E-state index is 12.6. The van der Waals surface area contributed by atoms with Gasteiger partial charge in [0.05, 0.1) is 6.54 Å². The van der Waals surface area contributed by atoms with Crippen molar-refractivity contribution in [1.82, 2.24) is 9.80 Å². The van der Waals surface area contributed by atoms with Crippen molar-refractivity contribution in [2.75, 3.05) is 20.6 Å². The van der Waals surface area contributed by atoms with E-state index in [1.165, 1.54) is 22.3 Å². The standard InChI is InChI=1S/C22H28N2O/c1-4-17-9-11-18(12-10-17)15-24(3)22(25)16-23(2)21-14-13-19-7-5-6-8-20(19)21/h5-12,21H,4,13-16H2,1-3H3. The molecule has 0 radical (unpaired) electrons. The second kappa shape index (κ2) is 7.83. The highest BCUT2D eigenvalue weighted by atomic mass is 16.2. The largest absolute Gasteiger partial charge is 0.340 e. The van der Waals surface area contributed by atoms with Gasteiger partial charge in [0.25, 0.3) is 0 Å². The van der Waals surface area contributed by atoms with Crippen molar-refractivity contribution in [3.05, 3.63) is 70.8 Å². The Kier molecular flexibility index (Phi) is 5.54. The first-order chi connectivity index (χ1) is 12.1. The molecule has 0 spiro atoms. The van der Waals surface area contributed by atoms with E-state index in [9.17, 15) is 4.79 Å². The zero-order valence-corrected chi connectivity index (χ0v) is 15.5. The first kappa shape index (κ1) is 17.7. The molecule has 1 atom stereocenters. The van der Waals surface area contributed by atoms with Gasteiger partial charge >= 0.3 is 0 Å². The summed E-state index contributed by atoms with van der Waals surface area (Å²) in [5, 5.41) is 0. The lowest BCUT2D eigenvalue weighted by Gasteiger charge is -2.27. The topological polar surface area (TPSA) is 23.6 Å². The van der Waals surface area contributed by atoms with Gasteiger partial charge in [-0.05, 0) is 48.6 Å². The number of nitrogens with zero attached hydrogens (tertiary/aromatic N) is 2. The van der Waals surface area contributed by atoms with Gasteiger partial charge in [-0.1, -0.05) is 55.5 Å². The van der Waals surface area contributed by atoms with E-state index in [-0.39, 0.29) is 5.91 Å². The van der Waals surface area contributed by atoms with Crippen LogP contribution in [0.15, 0.2) is 48.5 Å². The number of fused-ring (bicyclic) bond motifs is 1. The molecular weight excluding hydrogens is 308 g/mol. The highest BCUT2D eigenvalue weighted by Crippen LogP contribution is 2.34. The average Bonchev–Trinajstić information content (AvgIpc) is 3.06. The third-order valence-corrected chi connectivity index (χ3v) is 5.29. The molecule has 132 valence electrons. The summed E-state index contributed by atoms with van der Waals surface area (Å²) in [4.78, 5) is 16.7. The van der Waals surface area contributed by atoms with E-state index in [2.05, 4.69) is 67.4 Å². The number of rotatable bonds is 6. The summed E-state index contributed by atoms with van der Waals surface area (Å²) in [5.41, 5.74) is 5.33. The SMILES string of the molecule is CCc1ccc(CN(C)C(=O)CN(C)C2CCc3ccccc32)cc1. The van der Waals surface area contributed by atoms with Gasteiger partial charge in [0.15, 0.2) is 0 Å². The van der Waals surface area contributed by atoms with Crippen molar-refractivity contribution in [2.45, 2.75) is 38.8 Å². The molecule has 1 aliphatic rings. The quantitative estimate of drug-likeness (QED) is 0.800. The Hall–Kier alpha value is -2.13. The minimum atomic E-state index is 0.173. The molecule has 0 aromatic heterocycles. The maximum absolute atomic E-state index is 12.6. The van der Waals surface area contributed by atoms with Crippen molar-refractivity contribution in [2.24, 2.45) is 0 Å². The van der Waals surface area contributed by atoms with E-state index >= 15 is 0 Å². The molecule has 2 aromatic rings. The van der Waals surface area contributed by atoms with Gasteiger partial charge < -0.3 is 4.90 Å². The number of hydrogen-bond donors (Lipinski definition) is 0. The molecule has 3 heteroatoms. The Labute approximate surface area is 151 Å². The van der Waals surface area contributed by atoms with Crippen LogP contribution in [0.25, 0.3) is 0 Å². The number of benzene rings is 2. The van der Waals surface area contributed by atoms with Gasteiger partial charge in [0.1, 0.15) is 0 Å². The van der Waals surface area contributed by atoms with Crippen molar-refractivity contribution < 1.29 is 4.79 Å². The van der Waals surface area contributed by atoms with Crippen molar-refractivity contribution in [3.63, 3.8) is 0 Å². The van der Waals surface area contributed by atoms with E-state index in [0.29, 0.717) is 19.1 Å². The third-order valence-electron chi connectivity index (χ3n) is 5.29. The van der Waals surface area contributed by atoms with Crippen molar-refractivity contribution in [3.8, 4) is 0 Å². The molecule has 3 nitrogen and oxygen atoms in total. The zero-order chi connectivity index (χ0) is 17.8. The summed E-state index contributed by atoms with van der Waals surface area (Å²) in [6.07, 6.45) is 3.26. The fraction of sp³-hybridized carbons (Fsp3) is 0.409. The third kappa shape index (κ3) is 4.10. The van der Waals surface area contributed by atoms with Gasteiger partial charge in [-0.3, -0.25) is 9.69 Å². The Morgan fingerprint density at radius 2 is 1.72 bits per heavy atom. The van der Waals surface area contributed by atoms with Crippen LogP contribution in [0.5, 0.6) is 0 Å². The van der Waals surface area contributed by atoms with E-state index < -0.39 is 0 Å². The van der Waals surface area contributed by atoms with Crippen LogP contribution < -0.4 is 0 Å². The monoisotopic (exact) mass is 336 g/mol. The van der Waals surface area contributed by atoms with Crippen LogP contribution in [-0.2, 0) is 24.2 Å². The summed E-state index contributed by atoms with van der Waals surface area (Å²) < 4.78 is 0. The minimum Gasteiger partial charge on any atom is -0.340 e. The normalized spacial score (nSPS) is 16.1. The van der Waals surface area contributed by atoms with Crippen LogP contribution in [0.3, 0.4) is 0 Å². The minimum absolute atomic E-state index is 0.173. The molecule has 1 unspecified atom stereocenters. The molecular formula is C22H28N2O. The fourth-order valence-electron chi connectivity index (χ4n) is 3.68. The number of aryl methyl sites for hydroxylation is 2. The lowest BCUT2D eigenvalue weighted by Crippen LogP contribution is -2.37. The average molecular weight is 336 g/mol. The molecule has 0 saturated heterocycles. The lowest BCUT2D eigenvalue weighted by atomic mass is 10.1. The molecule has 0 bridgehead atoms. The second-order valence-electron chi connectivity index (χ2n) is 7.09. The van der Waals surface area contributed by atoms with Crippen LogP contribution in [0.4, 0.5) is 0 Å². The van der Waals surface area contributed by atoms with Crippen LogP contribution >= 0.6 is 0 Å². The van der Waals surface area contributed by atoms with Crippen LogP contribution in [0.1, 0.15) is 41.6 Å². The van der Waals surface area contributed by atoms with Crippen LogP contribution in [0.2, 0.25) is 0 Å². The second-order valence-corrected chi connectivity index (χ2v) is 7.09. The highest BCUT2D eigenvalue weighted by Gasteiger charge is 2.27. The van der Waals surface area contributed by atoms with Gasteiger partial charge in [-0.15, -0.1) is 0 Å². The van der Waals surface area contributed by atoms with Crippen LogP contribution in [0, 0.1) is 0 Å². The summed E-state index contributed by atoms with van der Waals surface area (Å²) in [6.45, 7) is 3.28. The number of amides is 1. The molecule has 0 fully saturated rings. The van der Waals surface area contributed by atoms with Crippen LogP contribution in [-0.4, -0.2) is 36.3 Å². The van der Waals surface area contributed by atoms with Gasteiger partial charge in [0, 0.05) is 19.6 Å². The molecule has 0 N–H and O–H groups in total. The van der Waals surface area contributed by atoms with Gasteiger partial charge in [0.2, 0.25) is 5.91 Å². The highest BCUT2D eigenvalue weighted by molar-refractivity contribution is 5.78. The van der Waals surface area contributed by atoms with Gasteiger partial charge in [-0.2, -0.15) is 0 Å². The van der Waals surface area contributed by atoms with Crippen molar-refractivity contribution in [1.29, 1.82) is 0 Å². The first-order valence-corrected chi connectivity index (χ1v) is 9.18. The summed E-state index contributed by atoms with van der Waals surface area (Å²) >= 11 is 0. The Morgan fingerprint density at radius 3 is 2.44 bits per heavy atom. The Bertz CT molecular complexity index is 723. The summed E-state index contributed by atoms with van der Waals surface area (Å²) in [6, 6.07) is 17.5. The predicted molar refractivity (Wildman–Crippen MR) is 102 cm³/mol. The van der Waals surface area contributed by atoms with E-state index in [0.717, 1.165) is 19.3 Å². The van der Waals surface area contributed by atoms with Gasteiger partial charge in [-0.25, -0.2) is 0 Å². The Morgan fingerprint density at radius 1 is 1.04 bits per heavy atom. The first-order valence-electron chi connectivity index (χ1n) is 9.18. The molecule has 1 aliphatic carbocycles. The van der Waals surface area contributed by atoms with E-state index in [1.54, 1.807) is 0 Å². The number of carbonyl (C=O) groups is 1. The molecule has 0 heterocycles. The Balaban J connectivity index is 1.57. The van der Waals surface area contributed by atoms with E-state index in [1.807, 2.05) is 11.9 Å². The zero-order valence-electron chi connectivity index (χ0n) is 15.5. The summed E-state index contributed by atoms with van der Waals surface area (Å²) in [7, 11) is 3.96. The molecule has 25 heavy (non-hydrogen) atoms. The lowest BCUT2D eigenvalue weighted by molar-refractivity contribution is -0.131. The number of likely N-dealkylation sites (N-methyl/N-ethyl adjacent to an activating group) is 2. The molecule has 3 rings (SSSR count). The fourth-order valence-corrected chi connectivity index (χ4v) is 3.68. The number of hydrogen-bond acceptors (Lipinski definition) is 2. The smallest absolute Gasteiger partial charge is 0.236 e. The van der Waals surface area contributed by atoms with E-state index in [4.69, 9.17) is 0 Å². The maximum Gasteiger partial charge on any atom is 0.236 e. The predicted octanol–water partition coefficient (Wildman–Crippen LogP) is 3.83. The summed E-state index contributed by atoms with van der Waals surface area (Å²) in [5.74, 6) is 0.173. The molecule has 1 amide bonds.